The summed E-state index contributed by atoms with van der Waals surface area (Å²) in [7, 11) is 0.357. The molecule has 0 aliphatic carbocycles. The molecule has 5 heteroatoms. The first-order valence-electron chi connectivity index (χ1n) is 7.96. The van der Waals surface area contributed by atoms with E-state index in [1.165, 1.54) is 0 Å². The van der Waals surface area contributed by atoms with Gasteiger partial charge in [-0.05, 0) is 18.6 Å². The van der Waals surface area contributed by atoms with Crippen LogP contribution in [0.2, 0.25) is 0 Å². The van der Waals surface area contributed by atoms with Gasteiger partial charge >= 0.3 is 0 Å². The number of fused-ring (bicyclic) bond motifs is 1. The quantitative estimate of drug-likeness (QED) is 0.528. The van der Waals surface area contributed by atoms with Crippen molar-refractivity contribution in [2.24, 2.45) is 0 Å². The lowest BCUT2D eigenvalue weighted by Gasteiger charge is -2.18. The number of hydrogen-bond acceptors (Lipinski definition) is 3. The van der Waals surface area contributed by atoms with E-state index < -0.39 is 14.5 Å². The summed E-state index contributed by atoms with van der Waals surface area (Å²) < 4.78 is 24.9. The van der Waals surface area contributed by atoms with Crippen molar-refractivity contribution in [3.63, 3.8) is 0 Å². The van der Waals surface area contributed by atoms with Crippen molar-refractivity contribution in [2.75, 3.05) is 19.0 Å². The van der Waals surface area contributed by atoms with Gasteiger partial charge in [-0.25, -0.2) is 8.42 Å². The first kappa shape index (κ1) is 18.1. The third-order valence-electron chi connectivity index (χ3n) is 4.02. The van der Waals surface area contributed by atoms with Crippen LogP contribution < -0.4 is 4.90 Å². The number of nitrogens with zero attached hydrogens (tertiary/aromatic N) is 1. The van der Waals surface area contributed by atoms with Gasteiger partial charge in [0.25, 0.3) is 0 Å². The third kappa shape index (κ3) is 3.81. The van der Waals surface area contributed by atoms with Crippen LogP contribution in [0, 0.1) is 0 Å². The Bertz CT molecular complexity index is 772. The number of alkyl halides is 1. The monoisotopic (exact) mass is 353 g/mol. The predicted octanol–water partition coefficient (Wildman–Crippen LogP) is 4.82. The van der Waals surface area contributed by atoms with Crippen molar-refractivity contribution in [3.05, 3.63) is 36.4 Å². The Labute approximate surface area is 144 Å². The highest BCUT2D eigenvalue weighted by Gasteiger charge is 2.27. The van der Waals surface area contributed by atoms with Gasteiger partial charge < -0.3 is 4.90 Å². The molecule has 0 radical (unpaired) electrons. The lowest BCUT2D eigenvalue weighted by atomic mass is 10.1. The molecule has 126 valence electrons. The summed E-state index contributed by atoms with van der Waals surface area (Å²) in [6, 6.07) is 11.1. The van der Waals surface area contributed by atoms with Gasteiger partial charge in [0, 0.05) is 30.6 Å². The Morgan fingerprint density at radius 3 is 2.35 bits per heavy atom. The molecule has 0 saturated heterocycles. The average Bonchev–Trinajstić information content (AvgIpc) is 2.53. The zero-order valence-corrected chi connectivity index (χ0v) is 15.5. The van der Waals surface area contributed by atoms with Crippen molar-refractivity contribution in [1.82, 2.24) is 0 Å². The van der Waals surface area contributed by atoms with Crippen LogP contribution in [0.3, 0.4) is 0 Å². The molecule has 1 unspecified atom stereocenters. The Balaban J connectivity index is 2.49. The van der Waals surface area contributed by atoms with Gasteiger partial charge in [0.2, 0.25) is 0 Å². The maximum Gasteiger partial charge on any atom is 0.195 e. The van der Waals surface area contributed by atoms with Gasteiger partial charge in [-0.2, -0.15) is 0 Å². The van der Waals surface area contributed by atoms with Gasteiger partial charge in [0.15, 0.2) is 9.84 Å². The van der Waals surface area contributed by atoms with Gasteiger partial charge in [-0.15, -0.1) is 11.6 Å². The molecule has 0 saturated carbocycles. The highest BCUT2D eigenvalue weighted by molar-refractivity contribution is 7.93. The van der Waals surface area contributed by atoms with Crippen molar-refractivity contribution in [1.29, 1.82) is 0 Å². The second kappa shape index (κ2) is 7.54. The summed E-state index contributed by atoms with van der Waals surface area (Å²) in [5.41, 5.74) is 0.997. The van der Waals surface area contributed by atoms with E-state index in [9.17, 15) is 8.42 Å². The zero-order chi connectivity index (χ0) is 17.0. The molecule has 2 aromatic carbocycles. The second-order valence-corrected chi connectivity index (χ2v) is 8.86. The number of hydrogen-bond donors (Lipinski definition) is 0. The normalized spacial score (nSPS) is 13.2. The molecular weight excluding hydrogens is 330 g/mol. The summed E-state index contributed by atoms with van der Waals surface area (Å²) in [4.78, 5) is 2.31. The van der Waals surface area contributed by atoms with E-state index in [0.29, 0.717) is 11.3 Å². The molecule has 2 rings (SSSR count). The summed E-state index contributed by atoms with van der Waals surface area (Å²) in [6.45, 7) is 2.09. The fourth-order valence-corrected chi connectivity index (χ4v) is 4.70. The number of rotatable bonds is 7. The topological polar surface area (TPSA) is 37.4 Å². The molecule has 3 nitrogen and oxygen atoms in total. The molecule has 0 spiro atoms. The molecule has 2 aromatic rings. The first-order chi connectivity index (χ1) is 10.9. The van der Waals surface area contributed by atoms with E-state index in [-0.39, 0.29) is 0 Å². The predicted molar refractivity (Wildman–Crippen MR) is 99.2 cm³/mol. The number of benzene rings is 2. The van der Waals surface area contributed by atoms with Crippen molar-refractivity contribution < 1.29 is 8.42 Å². The van der Waals surface area contributed by atoms with Crippen molar-refractivity contribution >= 4 is 37.9 Å². The molecule has 1 atom stereocenters. The minimum absolute atomic E-state index is 0.329. The Hall–Kier alpha value is -1.26. The van der Waals surface area contributed by atoms with Crippen LogP contribution in [0.1, 0.15) is 32.6 Å². The number of unbranched alkanes of at least 4 members (excludes halogenated alkanes) is 2. The van der Waals surface area contributed by atoms with E-state index >= 15 is 0 Å². The van der Waals surface area contributed by atoms with Gasteiger partial charge in [0.1, 0.15) is 4.71 Å². The van der Waals surface area contributed by atoms with Crippen LogP contribution in [0.25, 0.3) is 10.8 Å². The molecule has 0 bridgehead atoms. The molecule has 0 heterocycles. The van der Waals surface area contributed by atoms with Crippen molar-refractivity contribution in [3.8, 4) is 0 Å². The van der Waals surface area contributed by atoms with Crippen LogP contribution in [-0.2, 0) is 9.84 Å². The molecule has 0 fully saturated rings. The van der Waals surface area contributed by atoms with Gasteiger partial charge in [0.05, 0.1) is 4.90 Å². The van der Waals surface area contributed by atoms with E-state index in [2.05, 4.69) is 6.92 Å². The maximum atomic E-state index is 12.9. The number of sulfone groups is 1. The number of anilines is 1. The largest absolute Gasteiger partial charge is 0.377 e. The molecule has 0 amide bonds. The Morgan fingerprint density at radius 1 is 1.04 bits per heavy atom. The van der Waals surface area contributed by atoms with Crippen LogP contribution in [0.4, 0.5) is 5.69 Å². The summed E-state index contributed by atoms with van der Waals surface area (Å²) in [6.07, 6.45) is 3.36. The summed E-state index contributed by atoms with van der Waals surface area (Å²) in [5.74, 6) is 0. The zero-order valence-electron chi connectivity index (χ0n) is 13.9. The summed E-state index contributed by atoms with van der Waals surface area (Å²) >= 11 is 6.25. The average molecular weight is 354 g/mol. The minimum Gasteiger partial charge on any atom is -0.377 e. The Kier molecular flexibility index (Phi) is 5.93. The number of halogens is 1. The molecular formula is C18H24ClNO2S. The van der Waals surface area contributed by atoms with Crippen LogP contribution in [0.5, 0.6) is 0 Å². The fourth-order valence-electron chi connectivity index (χ4n) is 2.75. The lowest BCUT2D eigenvalue weighted by Crippen LogP contribution is -2.16. The van der Waals surface area contributed by atoms with Gasteiger partial charge in [-0.3, -0.25) is 0 Å². The molecule has 23 heavy (non-hydrogen) atoms. The van der Waals surface area contributed by atoms with Crippen LogP contribution in [-0.4, -0.2) is 27.2 Å². The summed E-state index contributed by atoms with van der Waals surface area (Å²) in [5, 5.41) is 1.66. The van der Waals surface area contributed by atoms with E-state index in [0.717, 1.165) is 35.7 Å². The molecule has 0 aliphatic heterocycles. The van der Waals surface area contributed by atoms with E-state index in [1.807, 2.05) is 43.3 Å². The van der Waals surface area contributed by atoms with E-state index in [4.69, 9.17) is 11.6 Å². The minimum atomic E-state index is -3.54. The maximum absolute atomic E-state index is 12.9. The fraction of sp³-hybridized carbons (Fsp3) is 0.444. The standard InChI is InChI=1S/C18H24ClNO2S/c1-4-5-6-13-18(19)23(21,22)17-12-8-9-14-15(17)10-7-11-16(14)20(2)3/h7-12,18H,4-6,13H2,1-3H3. The van der Waals surface area contributed by atoms with Crippen LogP contribution in [0.15, 0.2) is 41.3 Å². The SMILES string of the molecule is CCCCCC(Cl)S(=O)(=O)c1cccc2c(N(C)C)cccc12. The van der Waals surface area contributed by atoms with E-state index in [1.54, 1.807) is 12.1 Å². The Morgan fingerprint density at radius 2 is 1.70 bits per heavy atom. The molecule has 0 aliphatic rings. The molecule has 0 aromatic heterocycles. The van der Waals surface area contributed by atoms with Crippen LogP contribution >= 0.6 is 11.6 Å². The second-order valence-electron chi connectivity index (χ2n) is 5.97. The highest BCUT2D eigenvalue weighted by Crippen LogP contribution is 2.33. The van der Waals surface area contributed by atoms with Crippen molar-refractivity contribution in [2.45, 2.75) is 42.2 Å². The smallest absolute Gasteiger partial charge is 0.195 e. The highest BCUT2D eigenvalue weighted by atomic mass is 35.5. The lowest BCUT2D eigenvalue weighted by molar-refractivity contribution is 0.584. The first-order valence-corrected chi connectivity index (χ1v) is 9.95. The molecule has 0 N–H and O–H groups in total. The van der Waals surface area contributed by atoms with Gasteiger partial charge in [-0.1, -0.05) is 50.5 Å². The third-order valence-corrected chi connectivity index (χ3v) is 6.82.